The van der Waals surface area contributed by atoms with E-state index in [0.29, 0.717) is 17.4 Å². The molecule has 9 nitrogen and oxygen atoms in total. The van der Waals surface area contributed by atoms with Crippen LogP contribution < -0.4 is 4.89 Å². The highest BCUT2D eigenvalue weighted by Crippen LogP contribution is 2.38. The fraction of sp³-hybridized carbons (Fsp3) is 0.918. The van der Waals surface area contributed by atoms with Crippen molar-refractivity contribution in [1.29, 1.82) is 0 Å². The van der Waals surface area contributed by atoms with Gasteiger partial charge in [-0.25, -0.2) is 0 Å². The molecule has 0 saturated heterocycles. The van der Waals surface area contributed by atoms with Gasteiger partial charge < -0.3 is 27.9 Å². The summed E-state index contributed by atoms with van der Waals surface area (Å²) in [7, 11) is 1.19. The number of esters is 2. The maximum Gasteiger partial charge on any atom is 0.306 e. The molecule has 0 N–H and O–H groups in total. The average molecular weight is 1190 g/mol. The van der Waals surface area contributed by atoms with Crippen LogP contribution in [0.3, 0.4) is 0 Å². The normalized spacial score (nSPS) is 13.2. The van der Waals surface area contributed by atoms with Gasteiger partial charge in [-0.1, -0.05) is 346 Å². The number of quaternary nitrogens is 1. The van der Waals surface area contributed by atoms with E-state index in [4.69, 9.17) is 18.5 Å². The first-order chi connectivity index (χ1) is 40.5. The minimum absolute atomic E-state index is 0.0260. The summed E-state index contributed by atoms with van der Waals surface area (Å²) in [5.41, 5.74) is 0. The zero-order valence-electron chi connectivity index (χ0n) is 56.2. The number of ether oxygens (including phenoxy) is 2. The maximum atomic E-state index is 12.9. The van der Waals surface area contributed by atoms with Crippen LogP contribution >= 0.6 is 7.82 Å². The van der Waals surface area contributed by atoms with Gasteiger partial charge in [0.05, 0.1) is 27.7 Å². The Morgan fingerprint density at radius 3 is 0.952 bits per heavy atom. The van der Waals surface area contributed by atoms with Gasteiger partial charge in [-0.05, 0) is 44.9 Å². The summed E-state index contributed by atoms with van der Waals surface area (Å²) < 4.78 is 34.3. The van der Waals surface area contributed by atoms with Gasteiger partial charge in [0.15, 0.2) is 6.10 Å². The Bertz CT molecular complexity index is 1450. The van der Waals surface area contributed by atoms with E-state index in [0.717, 1.165) is 38.5 Å². The van der Waals surface area contributed by atoms with E-state index in [2.05, 4.69) is 38.2 Å². The van der Waals surface area contributed by atoms with E-state index in [1.807, 2.05) is 21.1 Å². The van der Waals surface area contributed by atoms with Gasteiger partial charge in [0.1, 0.15) is 19.8 Å². The van der Waals surface area contributed by atoms with Gasteiger partial charge in [-0.15, -0.1) is 0 Å². The van der Waals surface area contributed by atoms with Crippen molar-refractivity contribution in [2.24, 2.45) is 0 Å². The molecule has 0 aromatic rings. The Balaban J connectivity index is 3.85. The molecule has 492 valence electrons. The third-order valence-electron chi connectivity index (χ3n) is 16.7. The molecular formula is C73H142NO8P. The Labute approximate surface area is 517 Å². The second kappa shape index (κ2) is 64.9. The Kier molecular flexibility index (Phi) is 63.8. The first-order valence-electron chi connectivity index (χ1n) is 36.5. The molecule has 83 heavy (non-hydrogen) atoms. The third kappa shape index (κ3) is 69.5. The molecule has 2 atom stereocenters. The Hall–Kier alpha value is -1.51. The molecular weight excluding hydrogens is 1050 g/mol. The lowest BCUT2D eigenvalue weighted by atomic mass is 10.0. The lowest BCUT2D eigenvalue weighted by Gasteiger charge is -2.28. The van der Waals surface area contributed by atoms with E-state index in [1.165, 1.54) is 308 Å². The van der Waals surface area contributed by atoms with Gasteiger partial charge >= 0.3 is 11.9 Å². The molecule has 0 saturated carbocycles. The van der Waals surface area contributed by atoms with Crippen LogP contribution in [0.25, 0.3) is 0 Å². The largest absolute Gasteiger partial charge is 0.756 e. The van der Waals surface area contributed by atoms with Gasteiger partial charge in [-0.3, -0.25) is 14.2 Å². The molecule has 0 spiro atoms. The number of allylic oxidation sites excluding steroid dienone is 4. The molecule has 2 unspecified atom stereocenters. The number of carbonyl (C=O) groups is 2. The van der Waals surface area contributed by atoms with E-state index in [-0.39, 0.29) is 32.0 Å². The highest BCUT2D eigenvalue weighted by Gasteiger charge is 2.22. The smallest absolute Gasteiger partial charge is 0.306 e. The monoisotopic (exact) mass is 1190 g/mol. The van der Waals surface area contributed by atoms with E-state index >= 15 is 0 Å². The van der Waals surface area contributed by atoms with Crippen molar-refractivity contribution in [3.05, 3.63) is 24.3 Å². The number of likely N-dealkylation sites (N-methyl/N-ethyl adjacent to an activating group) is 1. The van der Waals surface area contributed by atoms with Crippen molar-refractivity contribution in [2.45, 2.75) is 386 Å². The predicted molar refractivity (Wildman–Crippen MR) is 356 cm³/mol. The molecule has 0 amide bonds. The number of hydrogen-bond acceptors (Lipinski definition) is 8. The van der Waals surface area contributed by atoms with E-state index in [1.54, 1.807) is 0 Å². The quantitative estimate of drug-likeness (QED) is 0.0195. The first-order valence-corrected chi connectivity index (χ1v) is 38.0. The first kappa shape index (κ1) is 81.5. The standard InChI is InChI=1S/C73H142NO8P/c1-6-8-10-12-14-16-18-20-22-24-26-27-28-29-30-31-32-33-34-35-36-37-38-39-40-41-42-43-44-45-46-47-48-50-52-54-56-58-60-62-64-66-73(76)82-71(70-81-83(77,78)80-68-67-74(3,4)5)69-79-72(75)65-63-61-59-57-55-53-51-49-25-23-21-19-17-15-13-11-9-7-2/h18,20,24,26,71H,6-17,19,21-23,25,27-70H2,1-5H3/b20-18-,26-24-. The topological polar surface area (TPSA) is 111 Å². The molecule has 0 fully saturated rings. The molecule has 0 aliphatic rings. The molecule has 0 aliphatic carbocycles. The second-order valence-corrected chi connectivity index (χ2v) is 27.7. The fourth-order valence-corrected chi connectivity index (χ4v) is 11.8. The molecule has 0 aliphatic heterocycles. The van der Waals surface area contributed by atoms with Crippen molar-refractivity contribution in [3.8, 4) is 0 Å². The Morgan fingerprint density at radius 2 is 0.651 bits per heavy atom. The lowest BCUT2D eigenvalue weighted by molar-refractivity contribution is -0.870. The number of hydrogen-bond donors (Lipinski definition) is 0. The average Bonchev–Trinajstić information content (AvgIpc) is 3.48. The van der Waals surface area contributed by atoms with Gasteiger partial charge in [0.25, 0.3) is 7.82 Å². The summed E-state index contributed by atoms with van der Waals surface area (Å²) in [4.78, 5) is 38.0. The number of carbonyl (C=O) groups excluding carboxylic acids is 2. The molecule has 0 aromatic heterocycles. The van der Waals surface area contributed by atoms with Gasteiger partial charge in [0, 0.05) is 12.8 Å². The van der Waals surface area contributed by atoms with Gasteiger partial charge in [0.2, 0.25) is 0 Å². The van der Waals surface area contributed by atoms with Crippen molar-refractivity contribution in [3.63, 3.8) is 0 Å². The number of unbranched alkanes of at least 4 members (excludes halogenated alkanes) is 51. The van der Waals surface area contributed by atoms with Crippen LogP contribution in [0.15, 0.2) is 24.3 Å². The highest BCUT2D eigenvalue weighted by atomic mass is 31.2. The highest BCUT2D eigenvalue weighted by molar-refractivity contribution is 7.45. The number of phosphoric acid groups is 1. The third-order valence-corrected chi connectivity index (χ3v) is 17.7. The summed E-state index contributed by atoms with van der Waals surface area (Å²) in [6.07, 6.45) is 81.5. The second-order valence-electron chi connectivity index (χ2n) is 26.3. The van der Waals surface area contributed by atoms with Crippen LogP contribution in [0.1, 0.15) is 380 Å². The minimum Gasteiger partial charge on any atom is -0.756 e. The SMILES string of the molecule is CCCCCCC/C=C\C/C=C\CCCCCCCCCCCCCCCCCCCCCCCCCCCCCCCC(=O)OC(COC(=O)CCCCCCCCCCCCCCCCCCCC)COP(=O)([O-])OCC[N+](C)(C)C. The van der Waals surface area contributed by atoms with Crippen molar-refractivity contribution < 1.29 is 42.1 Å². The van der Waals surface area contributed by atoms with E-state index < -0.39 is 26.5 Å². The molecule has 0 bridgehead atoms. The number of nitrogens with zero attached hydrogens (tertiary/aromatic N) is 1. The maximum absolute atomic E-state index is 12.9. The number of phosphoric ester groups is 1. The molecule has 0 rings (SSSR count). The van der Waals surface area contributed by atoms with Crippen molar-refractivity contribution in [2.75, 3.05) is 47.5 Å². The van der Waals surface area contributed by atoms with Crippen molar-refractivity contribution >= 4 is 19.8 Å². The van der Waals surface area contributed by atoms with Crippen LogP contribution in [0.2, 0.25) is 0 Å². The van der Waals surface area contributed by atoms with Crippen LogP contribution in [0.4, 0.5) is 0 Å². The molecule has 0 aromatic carbocycles. The lowest BCUT2D eigenvalue weighted by Crippen LogP contribution is -2.37. The summed E-state index contributed by atoms with van der Waals surface area (Å²) >= 11 is 0. The van der Waals surface area contributed by atoms with Gasteiger partial charge in [-0.2, -0.15) is 0 Å². The van der Waals surface area contributed by atoms with Crippen LogP contribution in [0, 0.1) is 0 Å². The Morgan fingerprint density at radius 1 is 0.373 bits per heavy atom. The predicted octanol–water partition coefficient (Wildman–Crippen LogP) is 23.0. The van der Waals surface area contributed by atoms with E-state index in [9.17, 15) is 19.0 Å². The summed E-state index contributed by atoms with van der Waals surface area (Å²) in [5, 5.41) is 0. The van der Waals surface area contributed by atoms with Crippen LogP contribution in [-0.4, -0.2) is 70.0 Å². The molecule has 0 heterocycles. The number of rotatable bonds is 69. The zero-order valence-corrected chi connectivity index (χ0v) is 57.1. The summed E-state index contributed by atoms with van der Waals surface area (Å²) in [6.45, 7) is 4.30. The van der Waals surface area contributed by atoms with Crippen LogP contribution in [0.5, 0.6) is 0 Å². The summed E-state index contributed by atoms with van der Waals surface area (Å²) in [6, 6.07) is 0. The molecule has 0 radical (unpaired) electrons. The van der Waals surface area contributed by atoms with Crippen LogP contribution in [-0.2, 0) is 32.7 Å². The van der Waals surface area contributed by atoms with Crippen molar-refractivity contribution in [1.82, 2.24) is 0 Å². The minimum atomic E-state index is -4.63. The zero-order chi connectivity index (χ0) is 60.5. The fourth-order valence-electron chi connectivity index (χ4n) is 11.1. The molecule has 10 heteroatoms. The summed E-state index contributed by atoms with van der Waals surface area (Å²) in [5.74, 6) is -0.808.